The van der Waals surface area contributed by atoms with Crippen molar-refractivity contribution < 1.29 is 13.2 Å². The largest absolute Gasteiger partial charge is 0.350 e. The number of anilines is 1. The summed E-state index contributed by atoms with van der Waals surface area (Å²) in [5.74, 6) is -0.310. The van der Waals surface area contributed by atoms with Crippen molar-refractivity contribution in [2.24, 2.45) is 0 Å². The van der Waals surface area contributed by atoms with Crippen LogP contribution in [0.15, 0.2) is 47.4 Å². The van der Waals surface area contributed by atoms with Crippen LogP contribution in [0.4, 0.5) is 5.69 Å². The lowest BCUT2D eigenvalue weighted by molar-refractivity contribution is 0.0943. The maximum atomic E-state index is 12.7. The summed E-state index contributed by atoms with van der Waals surface area (Å²) in [6, 6.07) is 10.3. The Labute approximate surface area is 157 Å². The van der Waals surface area contributed by atoms with Crippen molar-refractivity contribution in [1.82, 2.24) is 5.32 Å². The van der Waals surface area contributed by atoms with E-state index in [0.29, 0.717) is 10.7 Å². The smallest absolute Gasteiger partial charge is 0.264 e. The fraction of sp³-hybridized carbons (Fsp3) is 0.235. The van der Waals surface area contributed by atoms with Gasteiger partial charge in [0.15, 0.2) is 0 Å². The lowest BCUT2D eigenvalue weighted by Gasteiger charge is -2.20. The maximum Gasteiger partial charge on any atom is 0.264 e. The summed E-state index contributed by atoms with van der Waals surface area (Å²) in [4.78, 5) is 12.2. The molecule has 0 saturated carbocycles. The summed E-state index contributed by atoms with van der Waals surface area (Å²) >= 11 is 12.0. The van der Waals surface area contributed by atoms with Crippen molar-refractivity contribution in [3.63, 3.8) is 0 Å². The van der Waals surface area contributed by atoms with Crippen LogP contribution in [0.2, 0.25) is 10.0 Å². The average molecular weight is 401 g/mol. The molecule has 1 N–H and O–H groups in total. The molecule has 0 fully saturated rings. The van der Waals surface area contributed by atoms with Crippen LogP contribution < -0.4 is 9.62 Å². The van der Waals surface area contributed by atoms with Crippen LogP contribution in [0, 0.1) is 0 Å². The van der Waals surface area contributed by atoms with Crippen molar-refractivity contribution in [3.05, 3.63) is 58.1 Å². The highest BCUT2D eigenvalue weighted by Crippen LogP contribution is 2.27. The zero-order chi connectivity index (χ0) is 18.8. The van der Waals surface area contributed by atoms with Crippen LogP contribution in [-0.2, 0) is 10.0 Å². The summed E-state index contributed by atoms with van der Waals surface area (Å²) in [7, 11) is -2.34. The van der Waals surface area contributed by atoms with Gasteiger partial charge in [-0.15, -0.1) is 0 Å². The first kappa shape index (κ1) is 19.6. The number of benzene rings is 2. The number of sulfonamides is 1. The van der Waals surface area contributed by atoms with Gasteiger partial charge < -0.3 is 5.32 Å². The Balaban J connectivity index is 2.33. The Morgan fingerprint density at radius 1 is 1.08 bits per heavy atom. The van der Waals surface area contributed by atoms with Gasteiger partial charge in [0.05, 0.1) is 21.2 Å². The number of halogens is 2. The minimum atomic E-state index is -3.76. The van der Waals surface area contributed by atoms with Crippen LogP contribution in [0.1, 0.15) is 24.2 Å². The average Bonchev–Trinajstić information content (AvgIpc) is 2.53. The van der Waals surface area contributed by atoms with Gasteiger partial charge in [0.25, 0.3) is 15.9 Å². The van der Waals surface area contributed by atoms with Gasteiger partial charge in [0.1, 0.15) is 0 Å². The van der Waals surface area contributed by atoms with E-state index in [1.807, 2.05) is 13.8 Å². The van der Waals surface area contributed by atoms with E-state index in [2.05, 4.69) is 5.32 Å². The van der Waals surface area contributed by atoms with Gasteiger partial charge in [-0.1, -0.05) is 23.2 Å². The van der Waals surface area contributed by atoms with E-state index in [0.717, 1.165) is 4.31 Å². The maximum absolute atomic E-state index is 12.7. The molecule has 0 aromatic heterocycles. The Morgan fingerprint density at radius 2 is 1.68 bits per heavy atom. The molecule has 0 aliphatic heterocycles. The molecule has 2 aromatic carbocycles. The van der Waals surface area contributed by atoms with Crippen molar-refractivity contribution in [2.75, 3.05) is 11.4 Å². The van der Waals surface area contributed by atoms with Crippen LogP contribution in [0.3, 0.4) is 0 Å². The van der Waals surface area contributed by atoms with Crippen molar-refractivity contribution in [1.29, 1.82) is 0 Å². The molecule has 0 unspecified atom stereocenters. The molecule has 0 saturated heterocycles. The van der Waals surface area contributed by atoms with Crippen LogP contribution in [0.25, 0.3) is 0 Å². The second-order valence-corrected chi connectivity index (χ2v) is 8.53. The predicted octanol–water partition coefficient (Wildman–Crippen LogP) is 3.96. The van der Waals surface area contributed by atoms with Gasteiger partial charge >= 0.3 is 0 Å². The molecule has 134 valence electrons. The molecule has 0 bridgehead atoms. The predicted molar refractivity (Wildman–Crippen MR) is 101 cm³/mol. The van der Waals surface area contributed by atoms with E-state index in [1.54, 1.807) is 0 Å². The first-order valence-corrected chi connectivity index (χ1v) is 9.67. The molecule has 0 aliphatic carbocycles. The van der Waals surface area contributed by atoms with E-state index >= 15 is 0 Å². The molecule has 0 spiro atoms. The zero-order valence-electron chi connectivity index (χ0n) is 14.0. The van der Waals surface area contributed by atoms with Crippen LogP contribution in [-0.4, -0.2) is 27.4 Å². The number of carbonyl (C=O) groups is 1. The number of hydrogen-bond acceptors (Lipinski definition) is 3. The highest BCUT2D eigenvalue weighted by Gasteiger charge is 2.22. The Hall–Kier alpha value is -1.76. The Bertz CT molecular complexity index is 881. The second-order valence-electron chi connectivity index (χ2n) is 5.72. The topological polar surface area (TPSA) is 66.5 Å². The highest BCUT2D eigenvalue weighted by atomic mass is 35.5. The van der Waals surface area contributed by atoms with E-state index in [-0.39, 0.29) is 27.4 Å². The molecule has 2 rings (SSSR count). The third kappa shape index (κ3) is 4.45. The van der Waals surface area contributed by atoms with E-state index in [9.17, 15) is 13.2 Å². The molecule has 5 nitrogen and oxygen atoms in total. The summed E-state index contributed by atoms with van der Waals surface area (Å²) in [6.07, 6.45) is 0. The SMILES string of the molecule is CC(C)NC(=O)c1ccc(N(C)S(=O)(=O)c2ccc(Cl)cc2)cc1Cl. The first-order valence-electron chi connectivity index (χ1n) is 7.48. The van der Waals surface area contributed by atoms with Crippen LogP contribution >= 0.6 is 23.2 Å². The second kappa shape index (κ2) is 7.64. The third-order valence-corrected chi connectivity index (χ3v) is 5.82. The normalized spacial score (nSPS) is 11.4. The van der Waals surface area contributed by atoms with Crippen LogP contribution in [0.5, 0.6) is 0 Å². The zero-order valence-corrected chi connectivity index (χ0v) is 16.3. The van der Waals surface area contributed by atoms with Gasteiger partial charge in [0.2, 0.25) is 0 Å². The van der Waals surface area contributed by atoms with Gasteiger partial charge in [-0.3, -0.25) is 9.10 Å². The van der Waals surface area contributed by atoms with Gasteiger partial charge in [-0.05, 0) is 56.3 Å². The molecule has 1 amide bonds. The number of hydrogen-bond donors (Lipinski definition) is 1. The molecular formula is C17H18Cl2N2O3S. The minimum Gasteiger partial charge on any atom is -0.350 e. The van der Waals surface area contributed by atoms with Crippen molar-refractivity contribution in [3.8, 4) is 0 Å². The molecule has 8 heteroatoms. The minimum absolute atomic E-state index is 0.0313. The monoisotopic (exact) mass is 400 g/mol. The van der Waals surface area contributed by atoms with Crippen molar-refractivity contribution >= 4 is 44.8 Å². The highest BCUT2D eigenvalue weighted by molar-refractivity contribution is 7.92. The number of amides is 1. The number of rotatable bonds is 5. The van der Waals surface area contributed by atoms with E-state index < -0.39 is 10.0 Å². The molecule has 0 heterocycles. The Kier molecular flexibility index (Phi) is 5.98. The molecular weight excluding hydrogens is 383 g/mol. The van der Waals surface area contributed by atoms with Crippen molar-refractivity contribution in [2.45, 2.75) is 24.8 Å². The third-order valence-electron chi connectivity index (χ3n) is 3.45. The Morgan fingerprint density at radius 3 is 2.20 bits per heavy atom. The quantitative estimate of drug-likeness (QED) is 0.825. The van der Waals surface area contributed by atoms with Gasteiger partial charge in [0, 0.05) is 18.1 Å². The standard InChI is InChI=1S/C17H18Cl2N2O3S/c1-11(2)20-17(22)15-9-6-13(10-16(15)19)21(3)25(23,24)14-7-4-12(18)5-8-14/h4-11H,1-3H3,(H,20,22). The lowest BCUT2D eigenvalue weighted by atomic mass is 10.2. The number of nitrogens with one attached hydrogen (secondary N) is 1. The molecule has 0 atom stereocenters. The first-order chi connectivity index (χ1) is 11.6. The number of nitrogens with zero attached hydrogens (tertiary/aromatic N) is 1. The van der Waals surface area contributed by atoms with E-state index in [4.69, 9.17) is 23.2 Å². The molecule has 2 aromatic rings. The van der Waals surface area contributed by atoms with Gasteiger partial charge in [-0.2, -0.15) is 0 Å². The number of carbonyl (C=O) groups excluding carboxylic acids is 1. The van der Waals surface area contributed by atoms with Gasteiger partial charge in [-0.25, -0.2) is 8.42 Å². The molecule has 0 aliphatic rings. The summed E-state index contributed by atoms with van der Waals surface area (Å²) in [5, 5.41) is 3.37. The summed E-state index contributed by atoms with van der Waals surface area (Å²) < 4.78 is 26.5. The lowest BCUT2D eigenvalue weighted by Crippen LogP contribution is -2.30. The molecule has 25 heavy (non-hydrogen) atoms. The van der Waals surface area contributed by atoms with E-state index in [1.165, 1.54) is 49.5 Å². The fourth-order valence-corrected chi connectivity index (χ4v) is 3.70. The fourth-order valence-electron chi connectivity index (χ4n) is 2.13. The molecule has 0 radical (unpaired) electrons. The summed E-state index contributed by atoms with van der Waals surface area (Å²) in [5.41, 5.74) is 0.637. The summed E-state index contributed by atoms with van der Waals surface area (Å²) in [6.45, 7) is 3.68.